The Morgan fingerprint density at radius 2 is 2.00 bits per heavy atom. The summed E-state index contributed by atoms with van der Waals surface area (Å²) in [6.45, 7) is 0.458. The molecule has 0 aliphatic heterocycles. The minimum atomic E-state index is -0.872. The van der Waals surface area contributed by atoms with Crippen LogP contribution in [0.4, 0.5) is 0 Å². The molecule has 1 saturated carbocycles. The van der Waals surface area contributed by atoms with Crippen LogP contribution in [0.5, 0.6) is 5.88 Å². The number of rotatable bonds is 7. The Morgan fingerprint density at radius 3 is 2.78 bits per heavy atom. The molecule has 5 aromatic rings. The number of aliphatic hydroxyl groups excluding tert-OH is 1. The van der Waals surface area contributed by atoms with Crippen molar-refractivity contribution in [3.05, 3.63) is 89.2 Å². The topological polar surface area (TPSA) is 90.4 Å². The van der Waals surface area contributed by atoms with Crippen LogP contribution in [-0.2, 0) is 6.61 Å². The lowest BCUT2D eigenvalue weighted by atomic mass is 10.1. The smallest absolute Gasteiger partial charge is 0.213 e. The van der Waals surface area contributed by atoms with Gasteiger partial charge in [0.15, 0.2) is 0 Å². The van der Waals surface area contributed by atoms with Crippen molar-refractivity contribution in [1.29, 1.82) is 0 Å². The number of nitrogens with zero attached hydrogens (tertiary/aromatic N) is 6. The molecule has 32 heavy (non-hydrogen) atoms. The van der Waals surface area contributed by atoms with Crippen LogP contribution in [-0.4, -0.2) is 34.5 Å². The fraction of sp³-hybridized carbons (Fsp3) is 0.217. The maximum atomic E-state index is 11.1. The minimum Gasteiger partial charge on any atom is -0.473 e. The molecule has 4 aromatic heterocycles. The van der Waals surface area contributed by atoms with Crippen molar-refractivity contribution >= 4 is 16.2 Å². The first-order chi connectivity index (χ1) is 15.8. The van der Waals surface area contributed by atoms with Crippen molar-refractivity contribution < 1.29 is 9.84 Å². The van der Waals surface area contributed by atoms with Gasteiger partial charge in [0, 0.05) is 10.9 Å². The number of hydrogen-bond donors (Lipinski definition) is 1. The van der Waals surface area contributed by atoms with E-state index in [0.29, 0.717) is 24.1 Å². The summed E-state index contributed by atoms with van der Waals surface area (Å²) in [5, 5.41) is 19.6. The predicted octanol–water partition coefficient (Wildman–Crippen LogP) is 3.91. The second kappa shape index (κ2) is 7.85. The van der Waals surface area contributed by atoms with Crippen molar-refractivity contribution in [3.8, 4) is 11.6 Å². The molecule has 0 spiro atoms. The molecule has 0 amide bonds. The van der Waals surface area contributed by atoms with Crippen LogP contribution in [0.25, 0.3) is 10.5 Å². The van der Waals surface area contributed by atoms with Crippen LogP contribution in [0.3, 0.4) is 0 Å². The van der Waals surface area contributed by atoms with Gasteiger partial charge in [-0.15, -0.1) is 16.4 Å². The summed E-state index contributed by atoms with van der Waals surface area (Å²) in [6, 6.07) is 13.6. The molecule has 1 fully saturated rings. The van der Waals surface area contributed by atoms with E-state index in [1.54, 1.807) is 40.8 Å². The van der Waals surface area contributed by atoms with E-state index >= 15 is 0 Å². The highest BCUT2D eigenvalue weighted by Gasteiger charge is 2.33. The molecular weight excluding hydrogens is 424 g/mol. The molecule has 1 N–H and O–H groups in total. The van der Waals surface area contributed by atoms with Gasteiger partial charge in [0.25, 0.3) is 0 Å². The summed E-state index contributed by atoms with van der Waals surface area (Å²) in [7, 11) is 0. The SMILES string of the molecule is OC(c1cn(-c2ccc(OCc3ccccc3)nc2)nn1)c1c(C2CC2)sc2cncn12. The second-order valence-electron chi connectivity index (χ2n) is 7.85. The maximum absolute atomic E-state index is 11.1. The predicted molar refractivity (Wildman–Crippen MR) is 119 cm³/mol. The zero-order valence-corrected chi connectivity index (χ0v) is 17.9. The van der Waals surface area contributed by atoms with Crippen molar-refractivity contribution in [1.82, 2.24) is 29.4 Å². The third kappa shape index (κ3) is 3.55. The van der Waals surface area contributed by atoms with Gasteiger partial charge in [0.05, 0.1) is 30.0 Å². The number of ether oxygens (including phenoxy) is 1. The quantitative estimate of drug-likeness (QED) is 0.409. The van der Waals surface area contributed by atoms with Gasteiger partial charge in [-0.3, -0.25) is 4.40 Å². The summed E-state index contributed by atoms with van der Waals surface area (Å²) >= 11 is 1.69. The zero-order valence-electron chi connectivity index (χ0n) is 17.1. The Bertz CT molecular complexity index is 1350. The highest BCUT2D eigenvalue weighted by Crippen LogP contribution is 2.47. The van der Waals surface area contributed by atoms with Crippen LogP contribution in [0.15, 0.2) is 67.4 Å². The van der Waals surface area contributed by atoms with Crippen LogP contribution >= 0.6 is 11.3 Å². The van der Waals surface area contributed by atoms with Crippen molar-refractivity contribution in [2.75, 3.05) is 0 Å². The standard InChI is InChI=1S/C23H20N6O2S/c30-22(21-23(16-6-7-16)32-20-11-24-14-28(20)21)18-12-29(27-26-18)17-8-9-19(25-10-17)31-13-15-4-2-1-3-5-15/h1-5,8-12,14,16,22,30H,6-7,13H2. The molecule has 1 atom stereocenters. The van der Waals surface area contributed by atoms with E-state index in [1.165, 1.54) is 4.88 Å². The van der Waals surface area contributed by atoms with Gasteiger partial charge in [0.2, 0.25) is 5.88 Å². The molecule has 1 unspecified atom stereocenters. The Morgan fingerprint density at radius 1 is 1.12 bits per heavy atom. The zero-order chi connectivity index (χ0) is 21.5. The lowest BCUT2D eigenvalue weighted by molar-refractivity contribution is 0.208. The van der Waals surface area contributed by atoms with Gasteiger partial charge in [-0.2, -0.15) is 0 Å². The number of pyridine rings is 1. The molecule has 4 heterocycles. The maximum Gasteiger partial charge on any atom is 0.213 e. The van der Waals surface area contributed by atoms with Crippen LogP contribution in [0, 0.1) is 0 Å². The van der Waals surface area contributed by atoms with E-state index in [-0.39, 0.29) is 0 Å². The monoisotopic (exact) mass is 444 g/mol. The number of benzene rings is 1. The lowest BCUT2D eigenvalue weighted by Crippen LogP contribution is -2.06. The number of hydrogen-bond acceptors (Lipinski definition) is 7. The number of aromatic nitrogens is 6. The average molecular weight is 445 g/mol. The first-order valence-corrected chi connectivity index (χ1v) is 11.3. The Kier molecular flexibility index (Phi) is 4.70. The molecule has 1 aromatic carbocycles. The number of imidazole rings is 1. The summed E-state index contributed by atoms with van der Waals surface area (Å²) in [5.41, 5.74) is 3.16. The van der Waals surface area contributed by atoms with Crippen molar-refractivity contribution in [2.24, 2.45) is 0 Å². The van der Waals surface area contributed by atoms with E-state index in [4.69, 9.17) is 4.74 Å². The summed E-state index contributed by atoms with van der Waals surface area (Å²) in [4.78, 5) is 10.8. The Labute approximate surface area is 187 Å². The van der Waals surface area contributed by atoms with Crippen LogP contribution in [0.1, 0.15) is 46.7 Å². The summed E-state index contributed by atoms with van der Waals surface area (Å²) < 4.78 is 9.32. The highest BCUT2D eigenvalue weighted by atomic mass is 32.1. The summed E-state index contributed by atoms with van der Waals surface area (Å²) in [5.74, 6) is 1.06. The number of thiazole rings is 1. The Hall–Kier alpha value is -3.56. The second-order valence-corrected chi connectivity index (χ2v) is 8.91. The molecule has 0 bridgehead atoms. The minimum absolute atomic E-state index is 0.458. The van der Waals surface area contributed by atoms with E-state index in [0.717, 1.165) is 34.6 Å². The summed E-state index contributed by atoms with van der Waals surface area (Å²) in [6.07, 6.45) is 8.45. The van der Waals surface area contributed by atoms with Gasteiger partial charge < -0.3 is 9.84 Å². The van der Waals surface area contributed by atoms with Crippen molar-refractivity contribution in [3.63, 3.8) is 0 Å². The van der Waals surface area contributed by atoms with E-state index < -0.39 is 6.10 Å². The van der Waals surface area contributed by atoms with Gasteiger partial charge in [0.1, 0.15) is 29.6 Å². The van der Waals surface area contributed by atoms with Crippen molar-refractivity contribution in [2.45, 2.75) is 31.5 Å². The molecule has 8 nitrogen and oxygen atoms in total. The highest BCUT2D eigenvalue weighted by molar-refractivity contribution is 7.17. The first kappa shape index (κ1) is 19.1. The molecule has 160 valence electrons. The molecule has 1 aliphatic rings. The average Bonchev–Trinajstić information content (AvgIpc) is 3.22. The number of fused-ring (bicyclic) bond motifs is 1. The molecular formula is C23H20N6O2S. The largest absolute Gasteiger partial charge is 0.473 e. The third-order valence-electron chi connectivity index (χ3n) is 5.54. The van der Waals surface area contributed by atoms with E-state index in [9.17, 15) is 5.11 Å². The van der Waals surface area contributed by atoms with Gasteiger partial charge in [-0.25, -0.2) is 14.6 Å². The Balaban J connectivity index is 1.21. The molecule has 1 aliphatic carbocycles. The van der Waals surface area contributed by atoms with Gasteiger partial charge in [-0.05, 0) is 30.4 Å². The van der Waals surface area contributed by atoms with Crippen LogP contribution in [0.2, 0.25) is 0 Å². The number of aliphatic hydroxyl groups is 1. The first-order valence-electron chi connectivity index (χ1n) is 10.4. The van der Waals surface area contributed by atoms with E-state index in [1.807, 2.05) is 47.0 Å². The molecule has 9 heteroatoms. The lowest BCUT2D eigenvalue weighted by Gasteiger charge is -2.09. The normalized spacial score (nSPS) is 14.7. The fourth-order valence-electron chi connectivity index (χ4n) is 3.72. The van der Waals surface area contributed by atoms with Gasteiger partial charge in [-0.1, -0.05) is 35.5 Å². The van der Waals surface area contributed by atoms with Crippen LogP contribution < -0.4 is 4.74 Å². The van der Waals surface area contributed by atoms with Gasteiger partial charge >= 0.3 is 0 Å². The fourth-order valence-corrected chi connectivity index (χ4v) is 5.02. The molecule has 0 saturated heterocycles. The molecule has 6 rings (SSSR count). The van der Waals surface area contributed by atoms with E-state index in [2.05, 4.69) is 20.3 Å². The molecule has 0 radical (unpaired) electrons. The third-order valence-corrected chi connectivity index (χ3v) is 6.82.